The highest BCUT2D eigenvalue weighted by Crippen LogP contribution is 2.75. The minimum absolute atomic E-state index is 0.0217. The highest BCUT2D eigenvalue weighted by Gasteiger charge is 2.71. The average Bonchev–Trinajstić information content (AvgIpc) is 3.13. The van der Waals surface area contributed by atoms with Gasteiger partial charge in [-0.3, -0.25) is 9.59 Å². The van der Waals surface area contributed by atoms with E-state index in [0.29, 0.717) is 25.7 Å². The van der Waals surface area contributed by atoms with E-state index in [1.54, 1.807) is 0 Å². The zero-order chi connectivity index (χ0) is 42.9. The van der Waals surface area contributed by atoms with Crippen molar-refractivity contribution in [1.82, 2.24) is 0 Å². The molecule has 0 unspecified atom stereocenters. The number of rotatable bonds is 7. The molecule has 16 nitrogen and oxygen atoms in total. The summed E-state index contributed by atoms with van der Waals surface area (Å²) in [5, 5.41) is 83.0. The Morgan fingerprint density at radius 2 is 1.28 bits per heavy atom. The Morgan fingerprint density at radius 3 is 1.88 bits per heavy atom. The van der Waals surface area contributed by atoms with E-state index >= 15 is 0 Å². The molecule has 19 atom stereocenters. The predicted octanol–water partition coefficient (Wildman–Crippen LogP) is 2.25. The van der Waals surface area contributed by atoms with Crippen molar-refractivity contribution in [3.05, 3.63) is 11.6 Å². The third-order valence-electron chi connectivity index (χ3n) is 17.2. The molecule has 0 amide bonds. The number of aliphatic hydroxyl groups excluding tert-OH is 5. The summed E-state index contributed by atoms with van der Waals surface area (Å²) in [4.78, 5) is 51.3. The number of ketones is 1. The van der Waals surface area contributed by atoms with Crippen molar-refractivity contribution < 1.29 is 79.0 Å². The standard InChI is InChI=1S/C42H62O16/c1-37(2)21-8-11-42(7)31(20(43)16-18-19-17-39(4,36(53)54)13-12-38(19,3)14-15-41(18,42)6)40(21,5)10-9-22(37)55-35-30(26(47)25(46)29(57-35)33(51)52)58-34-27(48)23(44)24(45)28(56-34)32(49)50/h16,19,21-31,34-35,44-48H,8-15,17H2,1-7H3,(H,49,50)(H,51,52)(H,53,54)/t19-,21+,22+,23+,24+,25+,26+,27-,28-,29+,30-,31-,34+,35-,38-,39+,40+,41-,42-/m1/s1. The number of carboxylic acid groups (broad SMARTS) is 3. The molecule has 0 spiro atoms. The number of carbonyl (C=O) groups is 4. The van der Waals surface area contributed by atoms with E-state index < -0.39 is 107 Å². The van der Waals surface area contributed by atoms with Gasteiger partial charge in [0, 0.05) is 5.92 Å². The molecule has 0 aromatic carbocycles. The van der Waals surface area contributed by atoms with Crippen LogP contribution in [0.2, 0.25) is 0 Å². The first kappa shape index (κ1) is 43.5. The number of hydrogen-bond acceptors (Lipinski definition) is 13. The van der Waals surface area contributed by atoms with Gasteiger partial charge in [-0.05, 0) is 110 Å². The first-order valence-electron chi connectivity index (χ1n) is 20.7. The van der Waals surface area contributed by atoms with Crippen LogP contribution in [0.5, 0.6) is 0 Å². The summed E-state index contributed by atoms with van der Waals surface area (Å²) in [5.41, 5.74) is -1.81. The Balaban J connectivity index is 1.17. The molecule has 0 aromatic heterocycles. The topological polar surface area (TPSA) is 267 Å². The molecule has 2 saturated heterocycles. The van der Waals surface area contributed by atoms with E-state index in [9.17, 15) is 60.0 Å². The van der Waals surface area contributed by atoms with Crippen LogP contribution in [-0.2, 0) is 38.1 Å². The highest BCUT2D eigenvalue weighted by molar-refractivity contribution is 5.95. The summed E-state index contributed by atoms with van der Waals surface area (Å²) < 4.78 is 23.4. The van der Waals surface area contributed by atoms with Crippen molar-refractivity contribution >= 4 is 23.7 Å². The van der Waals surface area contributed by atoms with Crippen LogP contribution in [0.4, 0.5) is 0 Å². The van der Waals surface area contributed by atoms with E-state index in [-0.39, 0.29) is 34.4 Å². The van der Waals surface area contributed by atoms with Crippen LogP contribution in [0.25, 0.3) is 0 Å². The van der Waals surface area contributed by atoms with Gasteiger partial charge in [0.1, 0.15) is 36.6 Å². The molecule has 58 heavy (non-hydrogen) atoms. The minimum atomic E-state index is -2.05. The predicted molar refractivity (Wildman–Crippen MR) is 199 cm³/mol. The number of hydrogen-bond donors (Lipinski definition) is 8. The lowest BCUT2D eigenvalue weighted by molar-refractivity contribution is -0.371. The second-order valence-corrected chi connectivity index (χ2v) is 20.6. The third-order valence-corrected chi connectivity index (χ3v) is 17.2. The molecule has 8 N–H and O–H groups in total. The molecular formula is C42H62O16. The fraction of sp³-hybridized carbons (Fsp3) is 0.857. The van der Waals surface area contributed by atoms with Gasteiger partial charge in [0.25, 0.3) is 0 Å². The van der Waals surface area contributed by atoms with E-state index in [4.69, 9.17) is 18.9 Å². The molecule has 0 bridgehead atoms. The number of aliphatic carboxylic acids is 3. The Bertz CT molecular complexity index is 1730. The number of carbonyl (C=O) groups excluding carboxylic acids is 1. The van der Waals surface area contributed by atoms with Crippen LogP contribution < -0.4 is 0 Å². The maximum Gasteiger partial charge on any atom is 0.335 e. The van der Waals surface area contributed by atoms with Gasteiger partial charge in [0.2, 0.25) is 0 Å². The van der Waals surface area contributed by atoms with Gasteiger partial charge < -0.3 is 59.8 Å². The summed E-state index contributed by atoms with van der Waals surface area (Å²) in [5.74, 6) is -4.47. The highest BCUT2D eigenvalue weighted by atomic mass is 16.8. The number of aliphatic hydroxyl groups is 5. The minimum Gasteiger partial charge on any atom is -0.481 e. The smallest absolute Gasteiger partial charge is 0.335 e. The summed E-state index contributed by atoms with van der Waals surface area (Å²) in [6, 6.07) is 0. The van der Waals surface area contributed by atoms with E-state index in [0.717, 1.165) is 37.7 Å². The SMILES string of the molecule is CC1(C)[C@@H](O[C@@H]2O[C@H](C(=O)O)[C@@H](O)[C@H](O)[C@H]2O[C@@H]2O[C@@H](C(=O)O)[C@@H](O)[C@H](O)[C@H]2O)CC[C@]2(C)[C@H]3C(=O)C=C4[C@H]5C[C@@](C)(C(=O)O)CC[C@]5(C)CC[C@@]4(C)[C@]3(C)CC[C@@H]12. The maximum atomic E-state index is 14.8. The summed E-state index contributed by atoms with van der Waals surface area (Å²) in [6.07, 6.45) is -12.2. The summed E-state index contributed by atoms with van der Waals surface area (Å²) in [6.45, 7) is 14.8. The van der Waals surface area contributed by atoms with E-state index in [2.05, 4.69) is 27.7 Å². The first-order valence-corrected chi connectivity index (χ1v) is 20.7. The van der Waals surface area contributed by atoms with Crippen molar-refractivity contribution in [1.29, 1.82) is 0 Å². The monoisotopic (exact) mass is 822 g/mol. The van der Waals surface area contributed by atoms with Crippen molar-refractivity contribution in [2.24, 2.45) is 50.2 Å². The molecule has 7 aliphatic rings. The van der Waals surface area contributed by atoms with Gasteiger partial charge in [-0.25, -0.2) is 9.59 Å². The Hall–Kier alpha value is -2.54. The van der Waals surface area contributed by atoms with Gasteiger partial charge in [0.05, 0.1) is 11.5 Å². The Kier molecular flexibility index (Phi) is 10.7. The zero-order valence-electron chi connectivity index (χ0n) is 34.4. The lowest BCUT2D eigenvalue weighted by Gasteiger charge is -2.70. The molecule has 6 fully saturated rings. The molecule has 0 aromatic rings. The van der Waals surface area contributed by atoms with Crippen LogP contribution in [0, 0.1) is 50.2 Å². The summed E-state index contributed by atoms with van der Waals surface area (Å²) >= 11 is 0. The van der Waals surface area contributed by atoms with Crippen LogP contribution in [-0.4, -0.2) is 132 Å². The maximum absolute atomic E-state index is 14.8. The van der Waals surface area contributed by atoms with Crippen molar-refractivity contribution in [3.63, 3.8) is 0 Å². The van der Waals surface area contributed by atoms with Gasteiger partial charge in [-0.1, -0.05) is 47.1 Å². The number of carboxylic acids is 3. The fourth-order valence-electron chi connectivity index (χ4n) is 13.4. The third kappa shape index (κ3) is 6.25. The van der Waals surface area contributed by atoms with Crippen LogP contribution in [0.3, 0.4) is 0 Å². The number of allylic oxidation sites excluding steroid dienone is 2. The number of ether oxygens (including phenoxy) is 4. The van der Waals surface area contributed by atoms with Crippen LogP contribution >= 0.6 is 0 Å². The lowest BCUT2D eigenvalue weighted by atomic mass is 9.33. The van der Waals surface area contributed by atoms with Crippen LogP contribution in [0.15, 0.2) is 11.6 Å². The molecular weight excluding hydrogens is 760 g/mol. The molecule has 2 aliphatic heterocycles. The quantitative estimate of drug-likeness (QED) is 0.171. The molecule has 5 aliphatic carbocycles. The van der Waals surface area contributed by atoms with E-state index in [1.807, 2.05) is 26.8 Å². The molecule has 2 heterocycles. The van der Waals surface area contributed by atoms with Gasteiger partial charge in [0.15, 0.2) is 30.6 Å². The number of fused-ring (bicyclic) bond motifs is 7. The second-order valence-electron chi connectivity index (χ2n) is 20.6. The second kappa shape index (κ2) is 14.3. The molecule has 326 valence electrons. The fourth-order valence-corrected chi connectivity index (χ4v) is 13.4. The first-order chi connectivity index (χ1) is 26.8. The Labute approximate surface area is 337 Å². The normalized spacial score (nSPS) is 52.6. The zero-order valence-corrected chi connectivity index (χ0v) is 34.4. The van der Waals surface area contributed by atoms with Gasteiger partial charge >= 0.3 is 17.9 Å². The van der Waals surface area contributed by atoms with Crippen LogP contribution in [0.1, 0.15) is 106 Å². The van der Waals surface area contributed by atoms with Gasteiger partial charge in [-0.2, -0.15) is 0 Å². The lowest BCUT2D eigenvalue weighted by Crippen LogP contribution is -2.68. The van der Waals surface area contributed by atoms with Crippen molar-refractivity contribution in [3.8, 4) is 0 Å². The Morgan fingerprint density at radius 1 is 0.690 bits per heavy atom. The molecule has 16 heteroatoms. The average molecular weight is 823 g/mol. The van der Waals surface area contributed by atoms with Crippen molar-refractivity contribution in [2.75, 3.05) is 0 Å². The molecule has 7 rings (SSSR count). The summed E-state index contributed by atoms with van der Waals surface area (Å²) in [7, 11) is 0. The molecule has 4 saturated carbocycles. The molecule has 0 radical (unpaired) electrons. The largest absolute Gasteiger partial charge is 0.481 e. The van der Waals surface area contributed by atoms with E-state index in [1.165, 1.54) is 0 Å². The van der Waals surface area contributed by atoms with Crippen molar-refractivity contribution in [2.45, 2.75) is 174 Å². The van der Waals surface area contributed by atoms with Gasteiger partial charge in [-0.15, -0.1) is 0 Å².